The van der Waals surface area contributed by atoms with E-state index in [-0.39, 0.29) is 5.91 Å². The zero-order valence-electron chi connectivity index (χ0n) is 13.9. The minimum atomic E-state index is 0.0985. The van der Waals surface area contributed by atoms with E-state index < -0.39 is 0 Å². The third-order valence-corrected chi connectivity index (χ3v) is 3.30. The van der Waals surface area contributed by atoms with E-state index >= 15 is 0 Å². The number of anilines is 1. The van der Waals surface area contributed by atoms with Crippen molar-refractivity contribution in [3.63, 3.8) is 0 Å². The first-order valence-electron chi connectivity index (χ1n) is 7.60. The standard InChI is InChI=1S/C16H28N4O/c1-6-8-20(12-15(21)19(4)5)16-13(3)9-14(11-18-16)10-17-7-2/h9,11,17H,6-8,10,12H2,1-5H3. The summed E-state index contributed by atoms with van der Waals surface area (Å²) in [7, 11) is 3.57. The van der Waals surface area contributed by atoms with E-state index in [1.807, 2.05) is 6.20 Å². The zero-order chi connectivity index (χ0) is 15.8. The predicted molar refractivity (Wildman–Crippen MR) is 87.6 cm³/mol. The molecule has 0 saturated carbocycles. The van der Waals surface area contributed by atoms with Gasteiger partial charge in [0.15, 0.2) is 0 Å². The van der Waals surface area contributed by atoms with E-state index in [4.69, 9.17) is 0 Å². The number of nitrogens with one attached hydrogen (secondary N) is 1. The Bertz CT molecular complexity index is 460. The molecule has 1 heterocycles. The van der Waals surface area contributed by atoms with Crippen LogP contribution < -0.4 is 10.2 Å². The maximum Gasteiger partial charge on any atom is 0.241 e. The number of amides is 1. The summed E-state index contributed by atoms with van der Waals surface area (Å²) in [6, 6.07) is 2.15. The lowest BCUT2D eigenvalue weighted by atomic mass is 10.2. The average molecular weight is 292 g/mol. The van der Waals surface area contributed by atoms with Crippen LogP contribution in [0, 0.1) is 6.92 Å². The normalized spacial score (nSPS) is 10.5. The largest absolute Gasteiger partial charge is 0.347 e. The van der Waals surface area contributed by atoms with E-state index in [0.717, 1.165) is 37.4 Å². The molecular formula is C16H28N4O. The van der Waals surface area contributed by atoms with Crippen molar-refractivity contribution < 1.29 is 4.79 Å². The van der Waals surface area contributed by atoms with E-state index in [1.54, 1.807) is 19.0 Å². The number of nitrogens with zero attached hydrogens (tertiary/aromatic N) is 3. The summed E-state index contributed by atoms with van der Waals surface area (Å²) in [6.07, 6.45) is 2.88. The van der Waals surface area contributed by atoms with Gasteiger partial charge in [-0.3, -0.25) is 4.79 Å². The van der Waals surface area contributed by atoms with Crippen molar-refractivity contribution in [1.29, 1.82) is 0 Å². The van der Waals surface area contributed by atoms with Gasteiger partial charge in [-0.25, -0.2) is 4.98 Å². The minimum absolute atomic E-state index is 0.0985. The van der Waals surface area contributed by atoms with E-state index in [1.165, 1.54) is 5.56 Å². The minimum Gasteiger partial charge on any atom is -0.347 e. The van der Waals surface area contributed by atoms with Gasteiger partial charge >= 0.3 is 0 Å². The Hall–Kier alpha value is -1.62. The summed E-state index contributed by atoms with van der Waals surface area (Å²) in [6.45, 7) is 9.24. The Labute approximate surface area is 128 Å². The number of aryl methyl sites for hydroxylation is 1. The van der Waals surface area contributed by atoms with Gasteiger partial charge in [0.05, 0.1) is 6.54 Å². The lowest BCUT2D eigenvalue weighted by Crippen LogP contribution is -2.38. The van der Waals surface area contributed by atoms with Crippen LogP contribution in [0.5, 0.6) is 0 Å². The molecule has 0 aliphatic heterocycles. The Morgan fingerprint density at radius 2 is 2.05 bits per heavy atom. The molecule has 1 rings (SSSR count). The fourth-order valence-electron chi connectivity index (χ4n) is 2.16. The van der Waals surface area contributed by atoms with Crippen molar-refractivity contribution in [2.45, 2.75) is 33.7 Å². The first-order chi connectivity index (χ1) is 9.99. The van der Waals surface area contributed by atoms with Crippen LogP contribution in [-0.4, -0.2) is 49.5 Å². The quantitative estimate of drug-likeness (QED) is 0.794. The molecule has 0 unspecified atom stereocenters. The number of aromatic nitrogens is 1. The van der Waals surface area contributed by atoms with Crippen molar-refractivity contribution in [1.82, 2.24) is 15.2 Å². The van der Waals surface area contributed by atoms with E-state index in [0.29, 0.717) is 6.54 Å². The first kappa shape index (κ1) is 17.4. The molecule has 5 heteroatoms. The van der Waals surface area contributed by atoms with Crippen molar-refractivity contribution in [2.24, 2.45) is 0 Å². The van der Waals surface area contributed by atoms with Gasteiger partial charge in [0, 0.05) is 33.4 Å². The second-order valence-electron chi connectivity index (χ2n) is 5.47. The monoisotopic (exact) mass is 292 g/mol. The molecule has 1 N–H and O–H groups in total. The molecule has 0 bridgehead atoms. The van der Waals surface area contributed by atoms with Crippen LogP contribution in [0.25, 0.3) is 0 Å². The molecule has 21 heavy (non-hydrogen) atoms. The Morgan fingerprint density at radius 3 is 2.57 bits per heavy atom. The molecule has 0 saturated heterocycles. The van der Waals surface area contributed by atoms with Gasteiger partial charge < -0.3 is 15.1 Å². The highest BCUT2D eigenvalue weighted by molar-refractivity contribution is 5.80. The highest BCUT2D eigenvalue weighted by atomic mass is 16.2. The highest BCUT2D eigenvalue weighted by Crippen LogP contribution is 2.18. The summed E-state index contributed by atoms with van der Waals surface area (Å²) >= 11 is 0. The van der Waals surface area contributed by atoms with Crippen LogP contribution in [-0.2, 0) is 11.3 Å². The topological polar surface area (TPSA) is 48.5 Å². The van der Waals surface area contributed by atoms with Crippen LogP contribution in [0.4, 0.5) is 5.82 Å². The molecule has 0 fully saturated rings. The van der Waals surface area contributed by atoms with Crippen molar-refractivity contribution >= 4 is 11.7 Å². The first-order valence-corrected chi connectivity index (χ1v) is 7.60. The Morgan fingerprint density at radius 1 is 1.33 bits per heavy atom. The van der Waals surface area contributed by atoms with E-state index in [2.05, 4.69) is 42.0 Å². The van der Waals surface area contributed by atoms with E-state index in [9.17, 15) is 4.79 Å². The van der Waals surface area contributed by atoms with Crippen molar-refractivity contribution in [2.75, 3.05) is 38.6 Å². The van der Waals surface area contributed by atoms with Gasteiger partial charge in [0.25, 0.3) is 0 Å². The third kappa shape index (κ3) is 5.34. The number of hydrogen-bond donors (Lipinski definition) is 1. The molecule has 1 aromatic rings. The molecular weight excluding hydrogens is 264 g/mol. The molecule has 5 nitrogen and oxygen atoms in total. The summed E-state index contributed by atoms with van der Waals surface area (Å²) in [5.74, 6) is 1.01. The van der Waals surface area contributed by atoms with Gasteiger partial charge in [0.2, 0.25) is 5.91 Å². The van der Waals surface area contributed by atoms with Crippen LogP contribution in [0.1, 0.15) is 31.4 Å². The number of rotatable bonds is 8. The molecule has 1 aromatic heterocycles. The summed E-state index contributed by atoms with van der Waals surface area (Å²) in [4.78, 5) is 20.2. The van der Waals surface area contributed by atoms with Crippen LogP contribution in [0.3, 0.4) is 0 Å². The third-order valence-electron chi connectivity index (χ3n) is 3.30. The fraction of sp³-hybridized carbons (Fsp3) is 0.625. The lowest BCUT2D eigenvalue weighted by Gasteiger charge is -2.26. The van der Waals surface area contributed by atoms with Gasteiger partial charge in [-0.05, 0) is 37.1 Å². The number of likely N-dealkylation sites (N-methyl/N-ethyl adjacent to an activating group) is 1. The van der Waals surface area contributed by atoms with Gasteiger partial charge in [-0.2, -0.15) is 0 Å². The van der Waals surface area contributed by atoms with Crippen molar-refractivity contribution in [3.8, 4) is 0 Å². The van der Waals surface area contributed by atoms with Crippen molar-refractivity contribution in [3.05, 3.63) is 23.4 Å². The molecule has 0 atom stereocenters. The number of hydrogen-bond acceptors (Lipinski definition) is 4. The van der Waals surface area contributed by atoms with Crippen LogP contribution in [0.2, 0.25) is 0 Å². The summed E-state index contributed by atoms with van der Waals surface area (Å²) in [5.41, 5.74) is 2.29. The maximum atomic E-state index is 12.0. The lowest BCUT2D eigenvalue weighted by molar-refractivity contribution is -0.127. The van der Waals surface area contributed by atoms with Crippen LogP contribution in [0.15, 0.2) is 12.3 Å². The second kappa shape index (κ2) is 8.62. The average Bonchev–Trinajstić information content (AvgIpc) is 2.44. The van der Waals surface area contributed by atoms with Gasteiger partial charge in [0.1, 0.15) is 5.82 Å². The van der Waals surface area contributed by atoms with Crippen LogP contribution >= 0.6 is 0 Å². The zero-order valence-corrected chi connectivity index (χ0v) is 13.9. The SMILES string of the molecule is CCCN(CC(=O)N(C)C)c1ncc(CNCC)cc1C. The number of carbonyl (C=O) groups is 1. The van der Waals surface area contributed by atoms with Gasteiger partial charge in [-0.1, -0.05) is 13.8 Å². The Kier molecular flexibility index (Phi) is 7.15. The molecule has 0 aromatic carbocycles. The smallest absolute Gasteiger partial charge is 0.241 e. The second-order valence-corrected chi connectivity index (χ2v) is 5.47. The Balaban J connectivity index is 2.89. The highest BCUT2D eigenvalue weighted by Gasteiger charge is 2.15. The van der Waals surface area contributed by atoms with Gasteiger partial charge in [-0.15, -0.1) is 0 Å². The maximum absolute atomic E-state index is 12.0. The number of pyridine rings is 1. The number of carbonyl (C=O) groups excluding carboxylic acids is 1. The molecule has 0 spiro atoms. The molecule has 1 amide bonds. The summed E-state index contributed by atoms with van der Waals surface area (Å²) < 4.78 is 0. The predicted octanol–water partition coefficient (Wildman–Crippen LogP) is 1.80. The molecule has 0 aliphatic rings. The molecule has 0 aliphatic carbocycles. The molecule has 0 radical (unpaired) electrons. The summed E-state index contributed by atoms with van der Waals surface area (Å²) in [5, 5.41) is 3.30. The fourth-order valence-corrected chi connectivity index (χ4v) is 2.16. The molecule has 118 valence electrons.